The Morgan fingerprint density at radius 1 is 1.04 bits per heavy atom. The van der Waals surface area contributed by atoms with Crippen LogP contribution in [0.5, 0.6) is 0 Å². The van der Waals surface area contributed by atoms with Gasteiger partial charge in [-0.1, -0.05) is 30.3 Å². The third-order valence-corrected chi connectivity index (χ3v) is 5.07. The van der Waals surface area contributed by atoms with Crippen molar-refractivity contribution in [2.45, 2.75) is 25.4 Å². The number of aromatic nitrogens is 2. The molecule has 2 aromatic carbocycles. The molecule has 3 N–H and O–H groups in total. The zero-order chi connectivity index (χ0) is 19.5. The summed E-state index contributed by atoms with van der Waals surface area (Å²) in [5, 5.41) is 3.10. The topological polar surface area (TPSA) is 98.1 Å². The Labute approximate surface area is 161 Å². The van der Waals surface area contributed by atoms with Crippen LogP contribution < -0.4 is 16.4 Å². The minimum absolute atomic E-state index is 0.0790. The van der Waals surface area contributed by atoms with E-state index in [0.29, 0.717) is 16.6 Å². The Hall–Kier alpha value is -3.19. The molecule has 2 heterocycles. The molecule has 28 heavy (non-hydrogen) atoms. The highest BCUT2D eigenvalue weighted by Crippen LogP contribution is 2.15. The van der Waals surface area contributed by atoms with Crippen molar-refractivity contribution in [1.29, 1.82) is 0 Å². The van der Waals surface area contributed by atoms with Crippen molar-refractivity contribution in [2.24, 2.45) is 0 Å². The van der Waals surface area contributed by atoms with Gasteiger partial charge in [-0.2, -0.15) is 0 Å². The predicted molar refractivity (Wildman–Crippen MR) is 107 cm³/mol. The smallest absolute Gasteiger partial charge is 0.314 e. The minimum atomic E-state index is -0.728. The second-order valence-corrected chi connectivity index (χ2v) is 7.20. The van der Waals surface area contributed by atoms with Gasteiger partial charge in [0.15, 0.2) is 0 Å². The number of fused-ring (bicyclic) bond motifs is 1. The number of nitrogens with one attached hydrogen (secondary N) is 3. The third kappa shape index (κ3) is 4.04. The number of benzene rings is 2. The average molecular weight is 378 g/mol. The zero-order valence-corrected chi connectivity index (χ0v) is 15.4. The summed E-state index contributed by atoms with van der Waals surface area (Å²) in [6.45, 7) is 2.70. The lowest BCUT2D eigenvalue weighted by Gasteiger charge is -2.33. The van der Waals surface area contributed by atoms with Crippen molar-refractivity contribution < 1.29 is 4.79 Å². The molecule has 4 rings (SSSR count). The van der Waals surface area contributed by atoms with Crippen LogP contribution in [-0.2, 0) is 6.54 Å². The average Bonchev–Trinajstić information content (AvgIpc) is 2.69. The highest BCUT2D eigenvalue weighted by molar-refractivity contribution is 5.97. The van der Waals surface area contributed by atoms with E-state index in [0.717, 1.165) is 32.5 Å². The van der Waals surface area contributed by atoms with E-state index in [1.165, 1.54) is 5.56 Å². The molecular weight excluding hydrogens is 356 g/mol. The molecule has 0 saturated carbocycles. The Morgan fingerprint density at radius 2 is 1.79 bits per heavy atom. The summed E-state index contributed by atoms with van der Waals surface area (Å²) < 4.78 is 0. The summed E-state index contributed by atoms with van der Waals surface area (Å²) in [6.07, 6.45) is 1.97. The number of carbonyl (C=O) groups excluding carboxylic acids is 1. The minimum Gasteiger partial charge on any atom is -0.348 e. The molecule has 1 saturated heterocycles. The number of aromatic amines is 2. The molecule has 0 spiro atoms. The van der Waals surface area contributed by atoms with E-state index in [2.05, 4.69) is 32.3 Å². The second-order valence-electron chi connectivity index (χ2n) is 7.20. The van der Waals surface area contributed by atoms with E-state index >= 15 is 0 Å². The molecule has 1 aromatic heterocycles. The second kappa shape index (κ2) is 7.82. The number of amides is 1. The van der Waals surface area contributed by atoms with Gasteiger partial charge in [-0.05, 0) is 43.1 Å². The standard InChI is InChI=1S/C21H22N4O3/c26-19(15-8-9-17-18(11-15)24-21(28)20(27)23-17)22-16-7-4-10-25(13-16)12-14-5-2-1-3-6-14/h1-3,5-6,8-9,11,16H,4,7,10,12-13H2,(H,22,26)(H,23,27)(H,24,28). The van der Waals surface area contributed by atoms with E-state index < -0.39 is 11.1 Å². The lowest BCUT2D eigenvalue weighted by atomic mass is 10.0. The van der Waals surface area contributed by atoms with E-state index in [4.69, 9.17) is 0 Å². The number of rotatable bonds is 4. The number of likely N-dealkylation sites (tertiary alicyclic amines) is 1. The molecule has 1 unspecified atom stereocenters. The number of carbonyl (C=O) groups is 1. The molecule has 7 nitrogen and oxygen atoms in total. The summed E-state index contributed by atoms with van der Waals surface area (Å²) in [6, 6.07) is 15.3. The largest absolute Gasteiger partial charge is 0.348 e. The van der Waals surface area contributed by atoms with Crippen LogP contribution in [-0.4, -0.2) is 39.9 Å². The van der Waals surface area contributed by atoms with E-state index in [1.807, 2.05) is 18.2 Å². The van der Waals surface area contributed by atoms with Gasteiger partial charge in [0.25, 0.3) is 5.91 Å². The van der Waals surface area contributed by atoms with Crippen LogP contribution in [0.4, 0.5) is 0 Å². The van der Waals surface area contributed by atoms with Crippen molar-refractivity contribution in [1.82, 2.24) is 20.2 Å². The van der Waals surface area contributed by atoms with Crippen molar-refractivity contribution in [2.75, 3.05) is 13.1 Å². The van der Waals surface area contributed by atoms with Gasteiger partial charge in [-0.3, -0.25) is 19.3 Å². The van der Waals surface area contributed by atoms with Crippen LogP contribution in [0.2, 0.25) is 0 Å². The molecule has 0 bridgehead atoms. The Kier molecular flexibility index (Phi) is 5.08. The molecule has 1 aliphatic rings. The van der Waals surface area contributed by atoms with Gasteiger partial charge in [-0.25, -0.2) is 0 Å². The first kappa shape index (κ1) is 18.2. The summed E-state index contributed by atoms with van der Waals surface area (Å²) in [7, 11) is 0. The molecular formula is C21H22N4O3. The van der Waals surface area contributed by atoms with Gasteiger partial charge in [0.2, 0.25) is 0 Å². The summed E-state index contributed by atoms with van der Waals surface area (Å²) in [4.78, 5) is 42.9. The van der Waals surface area contributed by atoms with Crippen molar-refractivity contribution in [3.05, 3.63) is 80.4 Å². The van der Waals surface area contributed by atoms with Crippen molar-refractivity contribution in [3.63, 3.8) is 0 Å². The number of hydrogen-bond donors (Lipinski definition) is 3. The molecule has 0 radical (unpaired) electrons. The SMILES string of the molecule is O=C(NC1CCCN(Cc2ccccc2)C1)c1ccc2[nH]c(=O)c(=O)[nH]c2c1. The van der Waals surface area contributed by atoms with Gasteiger partial charge >= 0.3 is 11.1 Å². The maximum absolute atomic E-state index is 12.7. The molecule has 1 atom stereocenters. The van der Waals surface area contributed by atoms with Gasteiger partial charge in [0.1, 0.15) is 0 Å². The number of piperidine rings is 1. The molecule has 7 heteroatoms. The molecule has 0 aliphatic carbocycles. The molecule has 1 aliphatic heterocycles. The van der Waals surface area contributed by atoms with Gasteiger partial charge in [0, 0.05) is 24.7 Å². The fraction of sp³-hybridized carbons (Fsp3) is 0.286. The summed E-state index contributed by atoms with van der Waals surface area (Å²) in [5.74, 6) is -0.180. The molecule has 1 fully saturated rings. The maximum atomic E-state index is 12.7. The van der Waals surface area contributed by atoms with E-state index in [9.17, 15) is 14.4 Å². The fourth-order valence-corrected chi connectivity index (χ4v) is 3.68. The number of nitrogens with zero attached hydrogens (tertiary/aromatic N) is 1. The maximum Gasteiger partial charge on any atom is 0.314 e. The van der Waals surface area contributed by atoms with Crippen LogP contribution in [0.25, 0.3) is 11.0 Å². The van der Waals surface area contributed by atoms with Crippen molar-refractivity contribution >= 4 is 16.9 Å². The van der Waals surface area contributed by atoms with Crippen LogP contribution in [0.1, 0.15) is 28.8 Å². The zero-order valence-electron chi connectivity index (χ0n) is 15.4. The Morgan fingerprint density at radius 3 is 2.57 bits per heavy atom. The van der Waals surface area contributed by atoms with Crippen LogP contribution in [0.3, 0.4) is 0 Å². The Balaban J connectivity index is 1.44. The predicted octanol–water partition coefficient (Wildman–Crippen LogP) is 1.61. The van der Waals surface area contributed by atoms with Crippen LogP contribution in [0, 0.1) is 0 Å². The van der Waals surface area contributed by atoms with Crippen molar-refractivity contribution in [3.8, 4) is 0 Å². The fourth-order valence-electron chi connectivity index (χ4n) is 3.68. The van der Waals surface area contributed by atoms with Crippen LogP contribution >= 0.6 is 0 Å². The number of hydrogen-bond acceptors (Lipinski definition) is 4. The lowest BCUT2D eigenvalue weighted by Crippen LogP contribution is -2.47. The highest BCUT2D eigenvalue weighted by Gasteiger charge is 2.22. The summed E-state index contributed by atoms with van der Waals surface area (Å²) in [5.41, 5.74) is 1.22. The first-order valence-corrected chi connectivity index (χ1v) is 9.42. The van der Waals surface area contributed by atoms with Gasteiger partial charge in [0.05, 0.1) is 11.0 Å². The van der Waals surface area contributed by atoms with Gasteiger partial charge < -0.3 is 15.3 Å². The Bertz CT molecular complexity index is 1100. The normalized spacial score (nSPS) is 17.5. The monoisotopic (exact) mass is 378 g/mol. The number of H-pyrrole nitrogens is 2. The third-order valence-electron chi connectivity index (χ3n) is 5.07. The lowest BCUT2D eigenvalue weighted by molar-refractivity contribution is 0.0901. The first-order chi connectivity index (χ1) is 13.6. The quantitative estimate of drug-likeness (QED) is 0.601. The summed E-state index contributed by atoms with van der Waals surface area (Å²) >= 11 is 0. The van der Waals surface area contributed by atoms with E-state index in [-0.39, 0.29) is 11.9 Å². The highest BCUT2D eigenvalue weighted by atomic mass is 16.2. The van der Waals surface area contributed by atoms with Crippen LogP contribution in [0.15, 0.2) is 58.1 Å². The molecule has 144 valence electrons. The van der Waals surface area contributed by atoms with Gasteiger partial charge in [-0.15, -0.1) is 0 Å². The molecule has 1 amide bonds. The van der Waals surface area contributed by atoms with E-state index in [1.54, 1.807) is 18.2 Å². The first-order valence-electron chi connectivity index (χ1n) is 9.42. The molecule has 3 aromatic rings.